The Bertz CT molecular complexity index is 1050. The number of rotatable bonds is 6. The molecule has 1 amide bonds. The van der Waals surface area contributed by atoms with Gasteiger partial charge in [-0.2, -0.15) is 0 Å². The minimum absolute atomic E-state index is 0.0585. The monoisotopic (exact) mass is 390 g/mol. The topological polar surface area (TPSA) is 58.4 Å². The molecule has 0 saturated carbocycles. The zero-order valence-corrected chi connectivity index (χ0v) is 16.7. The van der Waals surface area contributed by atoms with Crippen molar-refractivity contribution in [3.05, 3.63) is 71.3 Å². The van der Waals surface area contributed by atoms with Gasteiger partial charge in [-0.25, -0.2) is 4.98 Å². The summed E-state index contributed by atoms with van der Waals surface area (Å²) in [5.41, 5.74) is 1.83. The lowest BCUT2D eigenvalue weighted by atomic mass is 10.1. The highest BCUT2D eigenvalue weighted by molar-refractivity contribution is 5.77. The zero-order chi connectivity index (χ0) is 20.2. The SMILES string of the molecule is CN(CC1CCN(c2ccccc2)C1)C(=O)CCn1cnc2ccccc2c1=O. The van der Waals surface area contributed by atoms with Crippen LogP contribution in [-0.2, 0) is 11.3 Å². The van der Waals surface area contributed by atoms with Crippen molar-refractivity contribution in [2.24, 2.45) is 5.92 Å². The fourth-order valence-corrected chi connectivity index (χ4v) is 4.02. The molecule has 2 aromatic carbocycles. The van der Waals surface area contributed by atoms with Gasteiger partial charge in [-0.3, -0.25) is 14.2 Å². The van der Waals surface area contributed by atoms with Gasteiger partial charge in [-0.05, 0) is 36.6 Å². The molecule has 0 aliphatic carbocycles. The smallest absolute Gasteiger partial charge is 0.261 e. The summed E-state index contributed by atoms with van der Waals surface area (Å²) >= 11 is 0. The van der Waals surface area contributed by atoms with Crippen molar-refractivity contribution in [3.63, 3.8) is 0 Å². The van der Waals surface area contributed by atoms with Crippen molar-refractivity contribution in [1.29, 1.82) is 0 Å². The van der Waals surface area contributed by atoms with Gasteiger partial charge in [0.05, 0.1) is 17.2 Å². The van der Waals surface area contributed by atoms with Crippen LogP contribution in [0.4, 0.5) is 5.69 Å². The lowest BCUT2D eigenvalue weighted by Gasteiger charge is -2.23. The van der Waals surface area contributed by atoms with E-state index < -0.39 is 0 Å². The van der Waals surface area contributed by atoms with Crippen LogP contribution >= 0.6 is 0 Å². The molecule has 1 saturated heterocycles. The maximum Gasteiger partial charge on any atom is 0.261 e. The van der Waals surface area contributed by atoms with Gasteiger partial charge < -0.3 is 9.80 Å². The summed E-state index contributed by atoms with van der Waals surface area (Å²) in [5.74, 6) is 0.525. The van der Waals surface area contributed by atoms with Crippen LogP contribution < -0.4 is 10.5 Å². The molecular weight excluding hydrogens is 364 g/mol. The van der Waals surface area contributed by atoms with Crippen LogP contribution in [-0.4, -0.2) is 47.0 Å². The lowest BCUT2D eigenvalue weighted by Crippen LogP contribution is -2.34. The van der Waals surface area contributed by atoms with Crippen molar-refractivity contribution >= 4 is 22.5 Å². The van der Waals surface area contributed by atoms with Crippen molar-refractivity contribution < 1.29 is 4.79 Å². The standard InChI is InChI=1S/C23H26N4O2/c1-25(15-18-11-13-26(16-18)19-7-3-2-4-8-19)22(28)12-14-27-17-24-21-10-6-5-9-20(21)23(27)29/h2-10,17-18H,11-16H2,1H3. The molecule has 1 aromatic heterocycles. The minimum Gasteiger partial charge on any atom is -0.371 e. The lowest BCUT2D eigenvalue weighted by molar-refractivity contribution is -0.130. The summed E-state index contributed by atoms with van der Waals surface area (Å²) < 4.78 is 1.53. The van der Waals surface area contributed by atoms with Crippen LogP contribution in [0.3, 0.4) is 0 Å². The van der Waals surface area contributed by atoms with Crippen LogP contribution in [0.25, 0.3) is 10.9 Å². The van der Waals surface area contributed by atoms with Crippen molar-refractivity contribution in [2.75, 3.05) is 31.6 Å². The summed E-state index contributed by atoms with van der Waals surface area (Å²) in [6.45, 7) is 3.08. The first-order chi connectivity index (χ1) is 14.1. The second-order valence-corrected chi connectivity index (χ2v) is 7.72. The van der Waals surface area contributed by atoms with E-state index in [4.69, 9.17) is 0 Å². The number of para-hydroxylation sites is 2. The van der Waals surface area contributed by atoms with Crippen LogP contribution in [0.5, 0.6) is 0 Å². The number of fused-ring (bicyclic) bond motifs is 1. The number of aromatic nitrogens is 2. The van der Waals surface area contributed by atoms with E-state index in [2.05, 4.69) is 34.1 Å². The first-order valence-corrected chi connectivity index (χ1v) is 10.1. The van der Waals surface area contributed by atoms with Crippen molar-refractivity contribution in [1.82, 2.24) is 14.5 Å². The number of hydrogen-bond acceptors (Lipinski definition) is 4. The van der Waals surface area contributed by atoms with E-state index in [1.54, 1.807) is 11.0 Å². The third-order valence-electron chi connectivity index (χ3n) is 5.66. The predicted molar refractivity (Wildman–Crippen MR) is 115 cm³/mol. The van der Waals surface area contributed by atoms with Crippen molar-refractivity contribution in [3.8, 4) is 0 Å². The Hall–Kier alpha value is -3.15. The number of benzene rings is 2. The highest BCUT2D eigenvalue weighted by Crippen LogP contribution is 2.24. The van der Waals surface area contributed by atoms with E-state index in [9.17, 15) is 9.59 Å². The molecule has 29 heavy (non-hydrogen) atoms. The third-order valence-corrected chi connectivity index (χ3v) is 5.66. The van der Waals surface area contributed by atoms with E-state index in [1.807, 2.05) is 31.3 Å². The molecule has 150 valence electrons. The van der Waals surface area contributed by atoms with Gasteiger partial charge >= 0.3 is 0 Å². The summed E-state index contributed by atoms with van der Waals surface area (Å²) in [7, 11) is 1.86. The molecule has 2 heterocycles. The molecule has 3 aromatic rings. The molecule has 0 N–H and O–H groups in total. The predicted octanol–water partition coefficient (Wildman–Crippen LogP) is 2.77. The average Bonchev–Trinajstić information content (AvgIpc) is 3.22. The fraction of sp³-hybridized carbons (Fsp3) is 0.348. The maximum atomic E-state index is 12.6. The number of aryl methyl sites for hydroxylation is 1. The van der Waals surface area contributed by atoms with Crippen LogP contribution in [0, 0.1) is 5.92 Å². The number of carbonyl (C=O) groups excluding carboxylic acids is 1. The Morgan fingerprint density at radius 1 is 1.14 bits per heavy atom. The van der Waals surface area contributed by atoms with E-state index in [-0.39, 0.29) is 11.5 Å². The van der Waals surface area contributed by atoms with Gasteiger partial charge in [0, 0.05) is 45.3 Å². The molecule has 6 nitrogen and oxygen atoms in total. The number of nitrogens with zero attached hydrogens (tertiary/aromatic N) is 4. The Labute approximate surface area is 170 Å². The molecule has 4 rings (SSSR count). The average molecular weight is 390 g/mol. The molecule has 0 spiro atoms. The molecule has 1 fully saturated rings. The summed E-state index contributed by atoms with van der Waals surface area (Å²) in [5, 5.41) is 0.586. The molecule has 1 unspecified atom stereocenters. The molecule has 6 heteroatoms. The Balaban J connectivity index is 1.31. The van der Waals surface area contributed by atoms with E-state index in [0.717, 1.165) is 26.1 Å². The number of anilines is 1. The van der Waals surface area contributed by atoms with Gasteiger partial charge in [-0.1, -0.05) is 30.3 Å². The van der Waals surface area contributed by atoms with Gasteiger partial charge in [0.1, 0.15) is 0 Å². The Kier molecular flexibility index (Phi) is 5.60. The normalized spacial score (nSPS) is 16.3. The van der Waals surface area contributed by atoms with E-state index in [1.165, 1.54) is 16.6 Å². The highest BCUT2D eigenvalue weighted by Gasteiger charge is 2.25. The first kappa shape index (κ1) is 19.2. The van der Waals surface area contributed by atoms with E-state index >= 15 is 0 Å². The molecule has 0 bridgehead atoms. The first-order valence-electron chi connectivity index (χ1n) is 10.1. The molecule has 1 atom stereocenters. The molecular formula is C23H26N4O2. The summed E-state index contributed by atoms with van der Waals surface area (Å²) in [4.78, 5) is 33.7. The van der Waals surface area contributed by atoms with Crippen LogP contribution in [0.1, 0.15) is 12.8 Å². The highest BCUT2D eigenvalue weighted by atomic mass is 16.2. The largest absolute Gasteiger partial charge is 0.371 e. The summed E-state index contributed by atoms with van der Waals surface area (Å²) in [6.07, 6.45) is 2.92. The molecule has 1 aliphatic rings. The second-order valence-electron chi connectivity index (χ2n) is 7.72. The number of carbonyl (C=O) groups is 1. The maximum absolute atomic E-state index is 12.6. The van der Waals surface area contributed by atoms with Gasteiger partial charge in [-0.15, -0.1) is 0 Å². The Morgan fingerprint density at radius 2 is 1.90 bits per heavy atom. The van der Waals surface area contributed by atoms with Crippen LogP contribution in [0.15, 0.2) is 65.7 Å². The van der Waals surface area contributed by atoms with Gasteiger partial charge in [0.15, 0.2) is 0 Å². The third kappa shape index (κ3) is 4.31. The molecule has 1 aliphatic heterocycles. The van der Waals surface area contributed by atoms with Gasteiger partial charge in [0.25, 0.3) is 5.56 Å². The number of amides is 1. The van der Waals surface area contributed by atoms with Crippen molar-refractivity contribution in [2.45, 2.75) is 19.4 Å². The zero-order valence-electron chi connectivity index (χ0n) is 16.7. The second kappa shape index (κ2) is 8.47. The fourth-order valence-electron chi connectivity index (χ4n) is 4.02. The van der Waals surface area contributed by atoms with E-state index in [0.29, 0.717) is 29.8 Å². The Morgan fingerprint density at radius 3 is 2.72 bits per heavy atom. The molecule has 0 radical (unpaired) electrons. The summed E-state index contributed by atoms with van der Waals surface area (Å²) in [6, 6.07) is 17.7. The number of hydrogen-bond donors (Lipinski definition) is 0. The van der Waals surface area contributed by atoms with Gasteiger partial charge in [0.2, 0.25) is 5.91 Å². The minimum atomic E-state index is -0.0969. The van der Waals surface area contributed by atoms with Crippen LogP contribution in [0.2, 0.25) is 0 Å². The quantitative estimate of drug-likeness (QED) is 0.649.